The van der Waals surface area contributed by atoms with Gasteiger partial charge >= 0.3 is 0 Å². The fourth-order valence-electron chi connectivity index (χ4n) is 3.46. The second-order valence-electron chi connectivity index (χ2n) is 7.12. The normalized spacial score (nSPS) is 15.1. The summed E-state index contributed by atoms with van der Waals surface area (Å²) in [7, 11) is 1.65. The zero-order chi connectivity index (χ0) is 20.1. The minimum atomic E-state index is -0.273. The summed E-state index contributed by atoms with van der Waals surface area (Å²) in [4.78, 5) is 9.82. The first-order chi connectivity index (χ1) is 14.2. The van der Waals surface area contributed by atoms with Gasteiger partial charge in [0.1, 0.15) is 22.3 Å². The van der Waals surface area contributed by atoms with Crippen LogP contribution in [0.1, 0.15) is 29.8 Å². The second-order valence-corrected chi connectivity index (χ2v) is 8.23. The van der Waals surface area contributed by atoms with Crippen molar-refractivity contribution in [2.45, 2.75) is 31.2 Å². The van der Waals surface area contributed by atoms with E-state index in [4.69, 9.17) is 4.74 Å². The van der Waals surface area contributed by atoms with E-state index < -0.39 is 0 Å². The predicted molar refractivity (Wildman–Crippen MR) is 110 cm³/mol. The van der Waals surface area contributed by atoms with Crippen LogP contribution in [0.4, 0.5) is 10.2 Å². The molecule has 0 amide bonds. The number of anilines is 1. The molecule has 7 nitrogen and oxygen atoms in total. The number of aromatic nitrogens is 4. The highest BCUT2D eigenvalue weighted by atomic mass is 32.1. The van der Waals surface area contributed by atoms with Crippen LogP contribution in [0, 0.1) is 5.82 Å². The van der Waals surface area contributed by atoms with Crippen molar-refractivity contribution in [3.63, 3.8) is 0 Å². The number of nitrogens with one attached hydrogen (secondary N) is 2. The minimum absolute atomic E-state index is 0.241. The Labute approximate surface area is 172 Å². The number of pyridine rings is 1. The summed E-state index contributed by atoms with van der Waals surface area (Å²) in [6, 6.07) is 6.88. The van der Waals surface area contributed by atoms with Gasteiger partial charge in [-0.05, 0) is 37.1 Å². The molecule has 0 aliphatic heterocycles. The Morgan fingerprint density at radius 1 is 1.21 bits per heavy atom. The minimum Gasteiger partial charge on any atom is -0.370 e. The van der Waals surface area contributed by atoms with E-state index in [0.717, 1.165) is 34.8 Å². The van der Waals surface area contributed by atoms with Crippen molar-refractivity contribution >= 4 is 17.2 Å². The topological polar surface area (TPSA) is 84.9 Å². The van der Waals surface area contributed by atoms with Gasteiger partial charge in [-0.25, -0.2) is 9.37 Å². The van der Waals surface area contributed by atoms with Crippen molar-refractivity contribution in [3.05, 3.63) is 53.0 Å². The van der Waals surface area contributed by atoms with E-state index in [1.54, 1.807) is 30.7 Å². The first kappa shape index (κ1) is 19.8. The van der Waals surface area contributed by atoms with Crippen molar-refractivity contribution in [2.24, 2.45) is 0 Å². The number of nitrogens with zero attached hydrogens (tertiary/aromatic N) is 4. The van der Waals surface area contributed by atoms with Crippen molar-refractivity contribution < 1.29 is 9.13 Å². The van der Waals surface area contributed by atoms with Crippen LogP contribution in [-0.4, -0.2) is 40.6 Å². The molecule has 3 heterocycles. The quantitative estimate of drug-likeness (QED) is 0.410. The molecule has 0 unspecified atom stereocenters. The SMILES string of the molecule is COCNCc1cnc(-c2ccc(NCC3(c4ncccc4F)CCC3)nn2)s1. The molecule has 3 aromatic heterocycles. The van der Waals surface area contributed by atoms with Gasteiger partial charge in [-0.3, -0.25) is 10.3 Å². The number of methoxy groups -OCH3 is 1. The average molecular weight is 415 g/mol. The lowest BCUT2D eigenvalue weighted by molar-refractivity contribution is 0.174. The van der Waals surface area contributed by atoms with Gasteiger partial charge in [0.25, 0.3) is 0 Å². The van der Waals surface area contributed by atoms with Crippen molar-refractivity contribution in [1.82, 2.24) is 25.5 Å². The number of halogens is 1. The number of thiazole rings is 1. The molecule has 0 spiro atoms. The molecule has 1 aliphatic rings. The predicted octanol–water partition coefficient (Wildman–Crippen LogP) is 3.36. The second kappa shape index (κ2) is 8.89. The van der Waals surface area contributed by atoms with Gasteiger partial charge in [0.2, 0.25) is 0 Å². The molecule has 9 heteroatoms. The molecular weight excluding hydrogens is 391 g/mol. The van der Waals surface area contributed by atoms with Crippen LogP contribution in [-0.2, 0) is 16.7 Å². The molecule has 0 aromatic carbocycles. The third-order valence-electron chi connectivity index (χ3n) is 5.16. The Bertz CT molecular complexity index is 944. The Kier molecular flexibility index (Phi) is 6.08. The van der Waals surface area contributed by atoms with Crippen LogP contribution in [0.2, 0.25) is 0 Å². The fraction of sp³-hybridized carbons (Fsp3) is 0.400. The molecule has 1 fully saturated rings. The van der Waals surface area contributed by atoms with Gasteiger partial charge in [-0.15, -0.1) is 21.5 Å². The summed E-state index contributed by atoms with van der Waals surface area (Å²) in [5.74, 6) is 0.421. The number of rotatable bonds is 9. The first-order valence-electron chi connectivity index (χ1n) is 9.53. The maximum absolute atomic E-state index is 14.2. The summed E-state index contributed by atoms with van der Waals surface area (Å²) < 4.78 is 19.2. The smallest absolute Gasteiger partial charge is 0.148 e. The lowest BCUT2D eigenvalue weighted by Crippen LogP contribution is -2.42. The molecule has 29 heavy (non-hydrogen) atoms. The zero-order valence-corrected chi connectivity index (χ0v) is 17.0. The van der Waals surface area contributed by atoms with Gasteiger partial charge in [0.15, 0.2) is 0 Å². The average Bonchev–Trinajstić information content (AvgIpc) is 3.18. The molecule has 4 rings (SSSR count). The first-order valence-corrected chi connectivity index (χ1v) is 10.4. The van der Waals surface area contributed by atoms with Crippen LogP contribution in [0.25, 0.3) is 10.7 Å². The largest absolute Gasteiger partial charge is 0.370 e. The highest BCUT2D eigenvalue weighted by Crippen LogP contribution is 2.43. The summed E-state index contributed by atoms with van der Waals surface area (Å²) in [5, 5.41) is 15.9. The molecular formula is C20H23FN6OS. The standard InChI is InChI=1S/C20H23FN6OS/c1-28-13-22-10-14-11-24-19(29-14)16-5-6-17(27-26-16)25-12-20(7-3-8-20)18-15(21)4-2-9-23-18/h2,4-6,9,11,22H,3,7-8,10,12-13H2,1H3,(H,25,27). The Balaban J connectivity index is 1.39. The van der Waals surface area contributed by atoms with E-state index in [1.165, 1.54) is 6.07 Å². The zero-order valence-electron chi connectivity index (χ0n) is 16.2. The molecule has 1 aliphatic carbocycles. The van der Waals surface area contributed by atoms with Crippen molar-refractivity contribution in [1.29, 1.82) is 0 Å². The summed E-state index contributed by atoms with van der Waals surface area (Å²) in [6.45, 7) is 1.78. The van der Waals surface area contributed by atoms with E-state index in [2.05, 4.69) is 30.8 Å². The molecule has 0 saturated heterocycles. The molecule has 0 atom stereocenters. The molecule has 0 bridgehead atoms. The van der Waals surface area contributed by atoms with Crippen molar-refractivity contribution in [3.8, 4) is 10.7 Å². The van der Waals surface area contributed by atoms with E-state index in [9.17, 15) is 4.39 Å². The highest BCUT2D eigenvalue weighted by molar-refractivity contribution is 7.14. The monoisotopic (exact) mass is 414 g/mol. The fourth-order valence-corrected chi connectivity index (χ4v) is 4.31. The summed E-state index contributed by atoms with van der Waals surface area (Å²) in [5.41, 5.74) is 0.999. The summed E-state index contributed by atoms with van der Waals surface area (Å²) in [6.07, 6.45) is 6.39. The number of hydrogen-bond acceptors (Lipinski definition) is 8. The van der Waals surface area contributed by atoms with Crippen LogP contribution < -0.4 is 10.6 Å². The van der Waals surface area contributed by atoms with E-state index in [1.807, 2.05) is 18.3 Å². The third kappa shape index (κ3) is 4.42. The Morgan fingerprint density at radius 2 is 2.10 bits per heavy atom. The molecule has 1 saturated carbocycles. The molecule has 2 N–H and O–H groups in total. The lowest BCUT2D eigenvalue weighted by Gasteiger charge is -2.41. The van der Waals surface area contributed by atoms with Crippen LogP contribution in [0.5, 0.6) is 0 Å². The van der Waals surface area contributed by atoms with Crippen LogP contribution in [0.15, 0.2) is 36.7 Å². The van der Waals surface area contributed by atoms with E-state index in [-0.39, 0.29) is 11.2 Å². The van der Waals surface area contributed by atoms with Gasteiger partial charge in [-0.1, -0.05) is 6.42 Å². The third-order valence-corrected chi connectivity index (χ3v) is 6.18. The van der Waals surface area contributed by atoms with Crippen LogP contribution in [0.3, 0.4) is 0 Å². The number of hydrogen-bond donors (Lipinski definition) is 2. The van der Waals surface area contributed by atoms with Gasteiger partial charge in [0, 0.05) is 42.9 Å². The maximum atomic E-state index is 14.2. The molecule has 3 aromatic rings. The molecule has 152 valence electrons. The Hall–Kier alpha value is -2.49. The summed E-state index contributed by atoms with van der Waals surface area (Å²) >= 11 is 1.57. The van der Waals surface area contributed by atoms with E-state index in [0.29, 0.717) is 31.3 Å². The maximum Gasteiger partial charge on any atom is 0.148 e. The molecule has 0 radical (unpaired) electrons. The van der Waals surface area contributed by atoms with Gasteiger partial charge in [0.05, 0.1) is 12.4 Å². The Morgan fingerprint density at radius 3 is 2.79 bits per heavy atom. The lowest BCUT2D eigenvalue weighted by atomic mass is 9.66. The van der Waals surface area contributed by atoms with Crippen LogP contribution >= 0.6 is 11.3 Å². The van der Waals surface area contributed by atoms with Gasteiger partial charge in [-0.2, -0.15) is 0 Å². The van der Waals surface area contributed by atoms with Gasteiger partial charge < -0.3 is 10.1 Å². The van der Waals surface area contributed by atoms with E-state index >= 15 is 0 Å². The van der Waals surface area contributed by atoms with Crippen molar-refractivity contribution in [2.75, 3.05) is 25.7 Å². The highest BCUT2D eigenvalue weighted by Gasteiger charge is 2.41. The number of ether oxygens (including phenoxy) is 1.